The topological polar surface area (TPSA) is 140 Å². The Balaban J connectivity index is 4.67. The SMILES string of the molecule is CC([O][Sb]([O]C(C)C(=O)O)[O]C(C)C(=O)O)C(=O)O. The van der Waals surface area contributed by atoms with Gasteiger partial charge >= 0.3 is 117 Å². The monoisotopic (exact) mass is 388 g/mol. The number of carboxylic acids is 3. The van der Waals surface area contributed by atoms with Gasteiger partial charge in [-0.15, -0.1) is 0 Å². The maximum absolute atomic E-state index is 10.6. The molecule has 0 aromatic heterocycles. The van der Waals surface area contributed by atoms with Crippen LogP contribution in [-0.4, -0.2) is 73.0 Å². The molecule has 110 valence electrons. The van der Waals surface area contributed by atoms with Gasteiger partial charge in [0.15, 0.2) is 0 Å². The van der Waals surface area contributed by atoms with E-state index < -0.39 is 57.7 Å². The molecule has 0 bridgehead atoms. The summed E-state index contributed by atoms with van der Waals surface area (Å²) in [6, 6.07) is 0. The van der Waals surface area contributed by atoms with E-state index in [1.54, 1.807) is 0 Å². The van der Waals surface area contributed by atoms with Gasteiger partial charge < -0.3 is 0 Å². The maximum atomic E-state index is 10.6. The summed E-state index contributed by atoms with van der Waals surface area (Å²) >= 11 is -3.70. The van der Waals surface area contributed by atoms with E-state index in [0.29, 0.717) is 0 Å². The predicted octanol–water partition coefficient (Wildman–Crippen LogP) is -0.560. The van der Waals surface area contributed by atoms with E-state index in [1.165, 1.54) is 20.8 Å². The molecular weight excluding hydrogens is 374 g/mol. The van der Waals surface area contributed by atoms with Gasteiger partial charge in [-0.1, -0.05) is 0 Å². The Bertz CT molecular complexity index is 292. The van der Waals surface area contributed by atoms with Crippen LogP contribution < -0.4 is 0 Å². The normalized spacial score (nSPS) is 15.8. The third-order valence-corrected chi connectivity index (χ3v) is 5.96. The first-order chi connectivity index (χ1) is 8.65. The molecule has 0 heterocycles. The zero-order valence-electron chi connectivity index (χ0n) is 10.5. The van der Waals surface area contributed by atoms with E-state index in [1.807, 2.05) is 0 Å². The standard InChI is InChI=1S/3C3H5O3.Sb/c3*1-2(4)3(5)6;/h3*2H,1H3,(H,5,6);/q3*-1;+3. The molecular formula is C9H15O9Sb. The molecule has 19 heavy (non-hydrogen) atoms. The number of carboxylic acid groups (broad SMARTS) is 3. The number of rotatable bonds is 9. The van der Waals surface area contributed by atoms with E-state index >= 15 is 0 Å². The Morgan fingerprint density at radius 2 is 0.947 bits per heavy atom. The molecule has 0 aromatic rings. The van der Waals surface area contributed by atoms with Crippen molar-refractivity contribution in [1.82, 2.24) is 0 Å². The first kappa shape index (κ1) is 18.1. The number of hydrogen-bond donors (Lipinski definition) is 3. The molecule has 0 aromatic carbocycles. The minimum atomic E-state index is -3.70. The summed E-state index contributed by atoms with van der Waals surface area (Å²) in [7, 11) is 0. The van der Waals surface area contributed by atoms with Crippen LogP contribution in [-0.2, 0) is 23.4 Å². The Morgan fingerprint density at radius 3 is 1.11 bits per heavy atom. The summed E-state index contributed by atoms with van der Waals surface area (Å²) in [4.78, 5) is 31.9. The van der Waals surface area contributed by atoms with E-state index in [9.17, 15) is 14.4 Å². The predicted molar refractivity (Wildman–Crippen MR) is 60.3 cm³/mol. The molecule has 3 N–H and O–H groups in total. The van der Waals surface area contributed by atoms with E-state index in [-0.39, 0.29) is 0 Å². The molecule has 0 amide bonds. The molecule has 0 aliphatic carbocycles. The minimum absolute atomic E-state index is 1.21. The molecule has 0 fully saturated rings. The Hall–Kier alpha value is -0.892. The summed E-state index contributed by atoms with van der Waals surface area (Å²) in [6.45, 7) is 3.63. The molecule has 0 aliphatic heterocycles. The van der Waals surface area contributed by atoms with Crippen molar-refractivity contribution >= 4 is 39.4 Å². The number of hydrogen-bond acceptors (Lipinski definition) is 6. The van der Waals surface area contributed by atoms with Crippen molar-refractivity contribution in [2.24, 2.45) is 0 Å². The van der Waals surface area contributed by atoms with Gasteiger partial charge in [-0.3, -0.25) is 0 Å². The fourth-order valence-corrected chi connectivity index (χ4v) is 4.01. The second-order valence-corrected chi connectivity index (χ2v) is 6.56. The summed E-state index contributed by atoms with van der Waals surface area (Å²) in [5, 5.41) is 26.0. The molecule has 3 atom stereocenters. The molecule has 0 saturated heterocycles. The Morgan fingerprint density at radius 1 is 0.737 bits per heavy atom. The van der Waals surface area contributed by atoms with E-state index in [4.69, 9.17) is 24.4 Å². The molecule has 9 nitrogen and oxygen atoms in total. The number of aliphatic carboxylic acids is 3. The fraction of sp³-hybridized carbons (Fsp3) is 0.667. The van der Waals surface area contributed by atoms with Gasteiger partial charge in [0.1, 0.15) is 0 Å². The zero-order chi connectivity index (χ0) is 15.2. The van der Waals surface area contributed by atoms with Crippen molar-refractivity contribution in [3.63, 3.8) is 0 Å². The van der Waals surface area contributed by atoms with Crippen LogP contribution in [0, 0.1) is 0 Å². The van der Waals surface area contributed by atoms with Crippen molar-refractivity contribution < 1.29 is 38.7 Å². The molecule has 0 saturated carbocycles. The van der Waals surface area contributed by atoms with Crippen LogP contribution >= 0.6 is 0 Å². The molecule has 10 heteroatoms. The van der Waals surface area contributed by atoms with Crippen LogP contribution in [0.15, 0.2) is 0 Å². The van der Waals surface area contributed by atoms with Crippen LogP contribution in [0.2, 0.25) is 0 Å². The molecule has 0 spiro atoms. The average Bonchev–Trinajstić information content (AvgIpc) is 2.27. The van der Waals surface area contributed by atoms with Crippen molar-refractivity contribution in [3.8, 4) is 0 Å². The third kappa shape index (κ3) is 7.31. The first-order valence-electron chi connectivity index (χ1n) is 5.14. The summed E-state index contributed by atoms with van der Waals surface area (Å²) in [6.07, 6.45) is -3.82. The van der Waals surface area contributed by atoms with Crippen molar-refractivity contribution in [2.45, 2.75) is 39.1 Å². The molecule has 0 radical (unpaired) electrons. The van der Waals surface area contributed by atoms with Crippen LogP contribution in [0.3, 0.4) is 0 Å². The summed E-state index contributed by atoms with van der Waals surface area (Å²) in [5.74, 6) is -3.85. The average molecular weight is 389 g/mol. The Labute approximate surface area is 117 Å². The summed E-state index contributed by atoms with van der Waals surface area (Å²) in [5.41, 5.74) is 0. The fourth-order valence-electron chi connectivity index (χ4n) is 0.597. The van der Waals surface area contributed by atoms with Gasteiger partial charge in [0.25, 0.3) is 0 Å². The van der Waals surface area contributed by atoms with Gasteiger partial charge in [-0.2, -0.15) is 0 Å². The van der Waals surface area contributed by atoms with Gasteiger partial charge in [-0.25, -0.2) is 0 Å². The van der Waals surface area contributed by atoms with Gasteiger partial charge in [0, 0.05) is 0 Å². The van der Waals surface area contributed by atoms with Crippen molar-refractivity contribution in [3.05, 3.63) is 0 Å². The second-order valence-electron chi connectivity index (χ2n) is 3.48. The molecule has 3 unspecified atom stereocenters. The van der Waals surface area contributed by atoms with Crippen LogP contribution in [0.4, 0.5) is 0 Å². The van der Waals surface area contributed by atoms with Crippen LogP contribution in [0.5, 0.6) is 0 Å². The van der Waals surface area contributed by atoms with E-state index in [2.05, 4.69) is 0 Å². The quantitative estimate of drug-likeness (QED) is 0.443. The van der Waals surface area contributed by atoms with Gasteiger partial charge in [0.2, 0.25) is 0 Å². The summed E-state index contributed by atoms with van der Waals surface area (Å²) < 4.78 is 14.9. The van der Waals surface area contributed by atoms with Crippen LogP contribution in [0.25, 0.3) is 0 Å². The molecule has 0 aliphatic rings. The van der Waals surface area contributed by atoms with Crippen LogP contribution in [0.1, 0.15) is 20.8 Å². The van der Waals surface area contributed by atoms with Gasteiger partial charge in [0.05, 0.1) is 0 Å². The second kappa shape index (κ2) is 8.31. The van der Waals surface area contributed by atoms with E-state index in [0.717, 1.165) is 0 Å². The third-order valence-electron chi connectivity index (χ3n) is 1.78. The van der Waals surface area contributed by atoms with Crippen molar-refractivity contribution in [2.75, 3.05) is 0 Å². The Kier molecular flexibility index (Phi) is 7.92. The molecule has 0 rings (SSSR count). The number of carbonyl (C=O) groups is 3. The first-order valence-corrected chi connectivity index (χ1v) is 8.26. The van der Waals surface area contributed by atoms with Gasteiger partial charge in [-0.05, 0) is 0 Å². The van der Waals surface area contributed by atoms with Crippen molar-refractivity contribution in [1.29, 1.82) is 0 Å². The zero-order valence-corrected chi connectivity index (χ0v) is 13.0.